The molecule has 0 aromatic rings. The van der Waals surface area contributed by atoms with Crippen molar-refractivity contribution in [1.82, 2.24) is 26.2 Å². The molecule has 0 aromatic heterocycles. The number of amides is 5. The summed E-state index contributed by atoms with van der Waals surface area (Å²) in [6.07, 6.45) is 13.4. The zero-order valence-electron chi connectivity index (χ0n) is 33.2. The lowest BCUT2D eigenvalue weighted by atomic mass is 9.71. The van der Waals surface area contributed by atoms with E-state index in [9.17, 15) is 32.4 Å². The van der Waals surface area contributed by atoms with Gasteiger partial charge in [0.15, 0.2) is 9.84 Å². The van der Waals surface area contributed by atoms with Crippen molar-refractivity contribution in [3.63, 3.8) is 0 Å². The molecular weight excluding hydrogens is 695 g/mol. The monoisotopic (exact) mass is 761 g/mol. The van der Waals surface area contributed by atoms with E-state index in [1.165, 1.54) is 0 Å². The zero-order valence-corrected chi connectivity index (χ0v) is 34.0. The van der Waals surface area contributed by atoms with Crippen LogP contribution in [0.1, 0.15) is 151 Å². The van der Waals surface area contributed by atoms with E-state index < -0.39 is 61.9 Å². The number of nitrogens with one attached hydrogen (secondary N) is 4. The summed E-state index contributed by atoms with van der Waals surface area (Å²) < 4.78 is 25.9. The number of urea groups is 1. The van der Waals surface area contributed by atoms with Gasteiger partial charge in [-0.15, -0.1) is 0 Å². The van der Waals surface area contributed by atoms with Crippen LogP contribution in [0.2, 0.25) is 0 Å². The van der Waals surface area contributed by atoms with Crippen LogP contribution < -0.4 is 21.3 Å². The summed E-state index contributed by atoms with van der Waals surface area (Å²) in [5.41, 5.74) is -1.23. The lowest BCUT2D eigenvalue weighted by Gasteiger charge is -2.48. The maximum atomic E-state index is 14.9. The highest BCUT2D eigenvalue weighted by Crippen LogP contribution is 2.40. The van der Waals surface area contributed by atoms with Crippen molar-refractivity contribution >= 4 is 39.4 Å². The van der Waals surface area contributed by atoms with Crippen LogP contribution in [0.15, 0.2) is 0 Å². The lowest BCUT2D eigenvalue weighted by Crippen LogP contribution is -2.65. The Morgan fingerprint density at radius 3 is 2.06 bits per heavy atom. The van der Waals surface area contributed by atoms with Crippen LogP contribution in [0, 0.1) is 23.2 Å². The van der Waals surface area contributed by atoms with Crippen LogP contribution in [0.3, 0.4) is 0 Å². The fourth-order valence-electron chi connectivity index (χ4n) is 8.50. The van der Waals surface area contributed by atoms with Gasteiger partial charge in [-0.05, 0) is 102 Å². The number of rotatable bonds is 14. The molecule has 5 aliphatic rings. The fourth-order valence-corrected chi connectivity index (χ4v) is 10.0. The number of likely N-dealkylation sites (tertiary alicyclic amines) is 1. The molecule has 0 radical (unpaired) electrons. The molecule has 1 heterocycles. The number of Topliss-reactive ketones (excluding diaryl/α,β-unsaturated/α-hetero) is 1. The minimum atomic E-state index is -3.56. The smallest absolute Gasteiger partial charge is 0.315 e. The van der Waals surface area contributed by atoms with Crippen molar-refractivity contribution < 1.29 is 32.4 Å². The van der Waals surface area contributed by atoms with Crippen molar-refractivity contribution in [1.29, 1.82) is 0 Å². The van der Waals surface area contributed by atoms with Crippen LogP contribution in [0.25, 0.3) is 0 Å². The van der Waals surface area contributed by atoms with Crippen molar-refractivity contribution in [2.24, 2.45) is 23.2 Å². The molecule has 1 unspecified atom stereocenters. The van der Waals surface area contributed by atoms with Crippen molar-refractivity contribution in [2.75, 3.05) is 12.3 Å². The van der Waals surface area contributed by atoms with E-state index in [0.29, 0.717) is 38.1 Å². The number of sulfone groups is 1. The third kappa shape index (κ3) is 10.7. The van der Waals surface area contributed by atoms with E-state index in [0.717, 1.165) is 83.5 Å². The SMILES string of the molecule is CC1CN(C(=O)[C@@H](NC(=O)NC2(CS(=O)(=O)C(C)(C)C)CCCCC2)C2CCCCC2)[C@H](C(=O)N[C@@H](CCC2CC2)C(=O)C(=O)NC2CC2)CC1(C)C. The summed E-state index contributed by atoms with van der Waals surface area (Å²) in [5.74, 6) is -1.87. The van der Waals surface area contributed by atoms with Gasteiger partial charge in [0, 0.05) is 12.6 Å². The fraction of sp³-hybridized carbons (Fsp3) is 0.875. The van der Waals surface area contributed by atoms with Crippen molar-refractivity contribution in [2.45, 2.75) is 185 Å². The Kier molecular flexibility index (Phi) is 13.0. The third-order valence-corrected chi connectivity index (χ3v) is 15.9. The molecule has 4 N–H and O–H groups in total. The predicted molar refractivity (Wildman–Crippen MR) is 205 cm³/mol. The number of ketones is 1. The maximum absolute atomic E-state index is 14.9. The summed E-state index contributed by atoms with van der Waals surface area (Å²) in [5, 5.41) is 11.8. The number of carbonyl (C=O) groups is 5. The van der Waals surface area contributed by atoms with Gasteiger partial charge < -0.3 is 26.2 Å². The largest absolute Gasteiger partial charge is 0.347 e. The summed E-state index contributed by atoms with van der Waals surface area (Å²) >= 11 is 0. The summed E-state index contributed by atoms with van der Waals surface area (Å²) in [6, 6.07) is -3.32. The van der Waals surface area contributed by atoms with E-state index in [4.69, 9.17) is 0 Å². The third-order valence-electron chi connectivity index (χ3n) is 13.1. The van der Waals surface area contributed by atoms with Crippen LogP contribution in [0.5, 0.6) is 0 Å². The van der Waals surface area contributed by atoms with Gasteiger partial charge in [0.2, 0.25) is 17.6 Å². The van der Waals surface area contributed by atoms with Crippen LogP contribution in [0.4, 0.5) is 4.79 Å². The first-order valence-electron chi connectivity index (χ1n) is 20.6. The van der Waals surface area contributed by atoms with E-state index >= 15 is 0 Å². The molecule has 0 spiro atoms. The molecule has 4 atom stereocenters. The van der Waals surface area contributed by atoms with E-state index in [-0.39, 0.29) is 35.0 Å². The molecule has 12 nitrogen and oxygen atoms in total. The van der Waals surface area contributed by atoms with Gasteiger partial charge in [-0.25, -0.2) is 13.2 Å². The number of piperidine rings is 1. The van der Waals surface area contributed by atoms with Gasteiger partial charge in [-0.2, -0.15) is 0 Å². The first-order chi connectivity index (χ1) is 24.8. The number of carbonyl (C=O) groups excluding carboxylic acids is 5. The molecule has 4 saturated carbocycles. The molecule has 1 saturated heterocycles. The van der Waals surface area contributed by atoms with Gasteiger partial charge >= 0.3 is 6.03 Å². The minimum absolute atomic E-state index is 0.0114. The van der Waals surface area contributed by atoms with Crippen molar-refractivity contribution in [3.05, 3.63) is 0 Å². The molecule has 5 amide bonds. The maximum Gasteiger partial charge on any atom is 0.315 e. The topological polar surface area (TPSA) is 171 Å². The predicted octanol–water partition coefficient (Wildman–Crippen LogP) is 4.94. The van der Waals surface area contributed by atoms with Gasteiger partial charge in [0.05, 0.1) is 22.1 Å². The Bertz CT molecular complexity index is 1470. The molecule has 0 aromatic carbocycles. The molecule has 13 heteroatoms. The van der Waals surface area contributed by atoms with Gasteiger partial charge in [-0.3, -0.25) is 19.2 Å². The Morgan fingerprint density at radius 2 is 1.47 bits per heavy atom. The first-order valence-corrected chi connectivity index (χ1v) is 22.2. The van der Waals surface area contributed by atoms with E-state index in [1.807, 2.05) is 0 Å². The second-order valence-electron chi connectivity index (χ2n) is 19.0. The van der Waals surface area contributed by atoms with Crippen LogP contribution in [-0.2, 0) is 29.0 Å². The zero-order chi connectivity index (χ0) is 38.8. The summed E-state index contributed by atoms with van der Waals surface area (Å²) in [4.78, 5) is 71.2. The highest BCUT2D eigenvalue weighted by atomic mass is 32.2. The average molecular weight is 762 g/mol. The standard InChI is InChI=1S/C40H67N5O7S/c1-26-24-45(31(23-39(26,5)6)34(47)42-30(20-17-27-15-16-27)33(46)35(48)41-29-18-19-29)36(49)32(28-13-9-7-10-14-28)43-37(50)44-40(21-11-8-12-22-40)25-53(51,52)38(2,3)4/h26-32H,7-25H2,1-6H3,(H,41,48)(H,42,47)(H2,43,44,50)/t26?,30-,31-,32-/m0/s1. The second kappa shape index (κ2) is 16.6. The normalized spacial score (nSPS) is 26.1. The Hall–Kier alpha value is -2.70. The number of nitrogens with zero attached hydrogens (tertiary/aromatic N) is 1. The van der Waals surface area contributed by atoms with Gasteiger partial charge in [0.1, 0.15) is 12.1 Å². The first kappa shape index (κ1) is 41.5. The van der Waals surface area contributed by atoms with E-state index in [1.54, 1.807) is 25.7 Å². The molecule has 53 heavy (non-hydrogen) atoms. The Labute approximate surface area is 317 Å². The van der Waals surface area contributed by atoms with Crippen molar-refractivity contribution in [3.8, 4) is 0 Å². The number of hydrogen-bond acceptors (Lipinski definition) is 7. The summed E-state index contributed by atoms with van der Waals surface area (Å²) in [6.45, 7) is 11.6. The second-order valence-corrected chi connectivity index (χ2v) is 21.7. The molecule has 300 valence electrons. The highest BCUT2D eigenvalue weighted by molar-refractivity contribution is 7.92. The lowest BCUT2D eigenvalue weighted by molar-refractivity contribution is -0.151. The summed E-state index contributed by atoms with van der Waals surface area (Å²) in [7, 11) is -3.56. The Balaban J connectivity index is 1.38. The Morgan fingerprint density at radius 1 is 0.849 bits per heavy atom. The van der Waals surface area contributed by atoms with E-state index in [2.05, 4.69) is 42.0 Å². The molecular formula is C40H67N5O7S. The molecule has 1 aliphatic heterocycles. The highest BCUT2D eigenvalue weighted by Gasteiger charge is 2.48. The molecule has 4 aliphatic carbocycles. The molecule has 5 fully saturated rings. The average Bonchev–Trinajstić information content (AvgIpc) is 4.03. The molecule has 5 rings (SSSR count). The van der Waals surface area contributed by atoms with Gasteiger partial charge in [-0.1, -0.05) is 72.1 Å². The van der Waals surface area contributed by atoms with Gasteiger partial charge in [0.25, 0.3) is 5.91 Å². The van der Waals surface area contributed by atoms with Crippen LogP contribution in [-0.4, -0.2) is 89.6 Å². The quantitative estimate of drug-likeness (QED) is 0.182. The van der Waals surface area contributed by atoms with Crippen LogP contribution >= 0.6 is 0 Å². The minimum Gasteiger partial charge on any atom is -0.347 e. The number of hydrogen-bond donors (Lipinski definition) is 4. The molecule has 0 bridgehead atoms.